The van der Waals surface area contributed by atoms with Gasteiger partial charge in [0, 0.05) is 4.47 Å². The van der Waals surface area contributed by atoms with Gasteiger partial charge >= 0.3 is 0 Å². The SMILES string of the molecule is CC[C@@H](Oc1cccc(Br)c1)C(=O)NN. The van der Waals surface area contributed by atoms with Crippen LogP contribution in [0.3, 0.4) is 0 Å². The number of carbonyl (C=O) groups excluding carboxylic acids is 1. The summed E-state index contributed by atoms with van der Waals surface area (Å²) in [5, 5.41) is 0. The molecular weight excluding hydrogens is 260 g/mol. The van der Waals surface area contributed by atoms with Crippen LogP contribution in [-0.4, -0.2) is 12.0 Å². The predicted octanol–water partition coefficient (Wildman–Crippen LogP) is 1.60. The highest BCUT2D eigenvalue weighted by Crippen LogP contribution is 2.19. The fraction of sp³-hybridized carbons (Fsp3) is 0.300. The van der Waals surface area contributed by atoms with Gasteiger partial charge in [0.05, 0.1) is 0 Å². The third-order valence-electron chi connectivity index (χ3n) is 1.88. The number of rotatable bonds is 4. The average Bonchev–Trinajstić information content (AvgIpc) is 2.25. The van der Waals surface area contributed by atoms with Gasteiger partial charge in [-0.1, -0.05) is 28.9 Å². The van der Waals surface area contributed by atoms with Gasteiger partial charge in [0.15, 0.2) is 6.10 Å². The summed E-state index contributed by atoms with van der Waals surface area (Å²) in [5.41, 5.74) is 2.08. The monoisotopic (exact) mass is 272 g/mol. The van der Waals surface area contributed by atoms with Crippen LogP contribution in [0.4, 0.5) is 0 Å². The van der Waals surface area contributed by atoms with Crippen LogP contribution in [0.15, 0.2) is 28.7 Å². The number of nitrogens with two attached hydrogens (primary N) is 1. The lowest BCUT2D eigenvalue weighted by Crippen LogP contribution is -2.41. The smallest absolute Gasteiger partial charge is 0.274 e. The topological polar surface area (TPSA) is 64.3 Å². The van der Waals surface area contributed by atoms with Gasteiger partial charge in [-0.2, -0.15) is 0 Å². The minimum absolute atomic E-state index is 0.322. The van der Waals surface area contributed by atoms with Gasteiger partial charge < -0.3 is 4.74 Å². The average molecular weight is 273 g/mol. The number of hydrogen-bond donors (Lipinski definition) is 2. The van der Waals surface area contributed by atoms with Gasteiger partial charge in [-0.05, 0) is 24.6 Å². The molecule has 1 rings (SSSR count). The largest absolute Gasteiger partial charge is 0.481 e. The molecule has 0 heterocycles. The maximum Gasteiger partial charge on any atom is 0.274 e. The van der Waals surface area contributed by atoms with Gasteiger partial charge in [0.1, 0.15) is 5.75 Å². The number of benzene rings is 1. The summed E-state index contributed by atoms with van der Waals surface area (Å²) in [6.45, 7) is 1.86. The summed E-state index contributed by atoms with van der Waals surface area (Å²) < 4.78 is 6.38. The molecule has 0 spiro atoms. The van der Waals surface area contributed by atoms with E-state index >= 15 is 0 Å². The fourth-order valence-corrected chi connectivity index (χ4v) is 1.50. The van der Waals surface area contributed by atoms with Crippen molar-refractivity contribution in [2.45, 2.75) is 19.4 Å². The number of hydrogen-bond acceptors (Lipinski definition) is 3. The van der Waals surface area contributed by atoms with Crippen molar-refractivity contribution in [2.24, 2.45) is 5.84 Å². The molecule has 0 unspecified atom stereocenters. The van der Waals surface area contributed by atoms with Crippen molar-refractivity contribution in [2.75, 3.05) is 0 Å². The van der Waals surface area contributed by atoms with Crippen molar-refractivity contribution >= 4 is 21.8 Å². The Morgan fingerprint density at radius 3 is 2.93 bits per heavy atom. The number of amides is 1. The van der Waals surface area contributed by atoms with E-state index in [1.54, 1.807) is 12.1 Å². The third kappa shape index (κ3) is 3.53. The standard InChI is InChI=1S/C10H13BrN2O2/c1-2-9(10(14)13-12)15-8-5-3-4-7(11)6-8/h3-6,9H,2,12H2,1H3,(H,13,14)/t9-/m1/s1. The first kappa shape index (κ1) is 12.0. The summed E-state index contributed by atoms with van der Waals surface area (Å²) in [5.74, 6) is 5.36. The van der Waals surface area contributed by atoms with Gasteiger partial charge in [-0.15, -0.1) is 0 Å². The molecular formula is C10H13BrN2O2. The molecule has 0 aliphatic carbocycles. The highest BCUT2D eigenvalue weighted by Gasteiger charge is 2.16. The van der Waals surface area contributed by atoms with E-state index in [9.17, 15) is 4.79 Å². The van der Waals surface area contributed by atoms with Crippen LogP contribution in [-0.2, 0) is 4.79 Å². The van der Waals surface area contributed by atoms with E-state index < -0.39 is 6.10 Å². The molecule has 1 amide bonds. The molecule has 82 valence electrons. The van der Waals surface area contributed by atoms with Crippen molar-refractivity contribution in [3.05, 3.63) is 28.7 Å². The Kier molecular flexibility index (Phi) is 4.58. The lowest BCUT2D eigenvalue weighted by molar-refractivity contribution is -0.128. The molecule has 15 heavy (non-hydrogen) atoms. The molecule has 0 aromatic heterocycles. The Labute approximate surface area is 96.9 Å². The van der Waals surface area contributed by atoms with E-state index in [0.717, 1.165) is 4.47 Å². The second-order valence-electron chi connectivity index (χ2n) is 2.98. The van der Waals surface area contributed by atoms with Crippen LogP contribution in [0.1, 0.15) is 13.3 Å². The number of nitrogens with one attached hydrogen (secondary N) is 1. The maximum atomic E-state index is 11.3. The van der Waals surface area contributed by atoms with E-state index in [0.29, 0.717) is 12.2 Å². The Balaban J connectivity index is 2.70. The Morgan fingerprint density at radius 1 is 1.67 bits per heavy atom. The Bertz CT molecular complexity index is 344. The van der Waals surface area contributed by atoms with Crippen LogP contribution < -0.4 is 16.0 Å². The van der Waals surface area contributed by atoms with Crippen LogP contribution in [0.5, 0.6) is 5.75 Å². The summed E-state index contributed by atoms with van der Waals surface area (Å²) in [6, 6.07) is 7.31. The summed E-state index contributed by atoms with van der Waals surface area (Å²) in [4.78, 5) is 11.3. The normalized spacial score (nSPS) is 11.9. The number of ether oxygens (including phenoxy) is 1. The van der Waals surface area contributed by atoms with Crippen molar-refractivity contribution in [1.82, 2.24) is 5.43 Å². The zero-order chi connectivity index (χ0) is 11.3. The van der Waals surface area contributed by atoms with E-state index in [2.05, 4.69) is 21.4 Å². The van der Waals surface area contributed by atoms with E-state index in [4.69, 9.17) is 10.6 Å². The quantitative estimate of drug-likeness (QED) is 0.497. The van der Waals surface area contributed by atoms with Gasteiger partial charge in [-0.3, -0.25) is 10.2 Å². The minimum atomic E-state index is -0.552. The van der Waals surface area contributed by atoms with E-state index in [1.165, 1.54) is 0 Å². The van der Waals surface area contributed by atoms with Crippen LogP contribution >= 0.6 is 15.9 Å². The van der Waals surface area contributed by atoms with E-state index in [1.807, 2.05) is 19.1 Å². The molecule has 5 heteroatoms. The molecule has 4 nitrogen and oxygen atoms in total. The first-order valence-corrected chi connectivity index (χ1v) is 5.39. The number of hydrazine groups is 1. The second kappa shape index (κ2) is 5.72. The highest BCUT2D eigenvalue weighted by molar-refractivity contribution is 9.10. The zero-order valence-corrected chi connectivity index (χ0v) is 9.95. The van der Waals surface area contributed by atoms with E-state index in [-0.39, 0.29) is 5.91 Å². The van der Waals surface area contributed by atoms with Gasteiger partial charge in [0.2, 0.25) is 0 Å². The molecule has 0 saturated carbocycles. The molecule has 0 fully saturated rings. The molecule has 0 aliphatic rings. The predicted molar refractivity (Wildman–Crippen MR) is 61.2 cm³/mol. The first-order chi connectivity index (χ1) is 7.17. The molecule has 1 atom stereocenters. The molecule has 0 radical (unpaired) electrons. The first-order valence-electron chi connectivity index (χ1n) is 4.60. The zero-order valence-electron chi connectivity index (χ0n) is 8.37. The molecule has 0 saturated heterocycles. The Hall–Kier alpha value is -1.07. The molecule has 0 bridgehead atoms. The molecule has 1 aromatic rings. The lowest BCUT2D eigenvalue weighted by atomic mass is 10.2. The van der Waals surface area contributed by atoms with Crippen molar-refractivity contribution in [1.29, 1.82) is 0 Å². The van der Waals surface area contributed by atoms with Crippen molar-refractivity contribution < 1.29 is 9.53 Å². The second-order valence-corrected chi connectivity index (χ2v) is 3.90. The summed E-state index contributed by atoms with van der Waals surface area (Å²) in [7, 11) is 0. The van der Waals surface area contributed by atoms with Crippen LogP contribution in [0, 0.1) is 0 Å². The summed E-state index contributed by atoms with van der Waals surface area (Å²) in [6.07, 6.45) is 0.0135. The van der Waals surface area contributed by atoms with Crippen molar-refractivity contribution in [3.63, 3.8) is 0 Å². The van der Waals surface area contributed by atoms with Gasteiger partial charge in [0.25, 0.3) is 5.91 Å². The molecule has 3 N–H and O–H groups in total. The molecule has 1 aromatic carbocycles. The minimum Gasteiger partial charge on any atom is -0.481 e. The third-order valence-corrected chi connectivity index (χ3v) is 2.37. The fourth-order valence-electron chi connectivity index (χ4n) is 1.12. The maximum absolute atomic E-state index is 11.3. The number of halogens is 1. The molecule has 0 aliphatic heterocycles. The van der Waals surface area contributed by atoms with Crippen molar-refractivity contribution in [3.8, 4) is 5.75 Å². The highest BCUT2D eigenvalue weighted by atomic mass is 79.9. The number of carbonyl (C=O) groups is 1. The summed E-state index contributed by atoms with van der Waals surface area (Å²) >= 11 is 3.32. The van der Waals surface area contributed by atoms with Crippen LogP contribution in [0.25, 0.3) is 0 Å². The lowest BCUT2D eigenvalue weighted by Gasteiger charge is -2.15. The van der Waals surface area contributed by atoms with Gasteiger partial charge in [-0.25, -0.2) is 5.84 Å². The van der Waals surface area contributed by atoms with Crippen LogP contribution in [0.2, 0.25) is 0 Å². The Morgan fingerprint density at radius 2 is 2.40 bits per heavy atom.